The Labute approximate surface area is 151 Å². The third-order valence-electron chi connectivity index (χ3n) is 3.24. The molecule has 2 aromatic heterocycles. The van der Waals surface area contributed by atoms with Crippen molar-refractivity contribution in [2.24, 2.45) is 0 Å². The summed E-state index contributed by atoms with van der Waals surface area (Å²) in [5.41, 5.74) is 6.77. The Morgan fingerprint density at radius 2 is 1.96 bits per heavy atom. The zero-order valence-corrected chi connectivity index (χ0v) is 15.9. The van der Waals surface area contributed by atoms with Gasteiger partial charge in [-0.2, -0.15) is 4.98 Å². The van der Waals surface area contributed by atoms with E-state index in [9.17, 15) is 8.42 Å². The first-order valence-electron chi connectivity index (χ1n) is 6.57. The van der Waals surface area contributed by atoms with Gasteiger partial charge in [-0.1, -0.05) is 30.3 Å². The normalized spacial score (nSPS) is 11.9. The Bertz CT molecular complexity index is 971. The Hall–Kier alpha value is -1.33. The maximum Gasteiger partial charge on any atom is 0.244 e. The molecule has 2 heterocycles. The van der Waals surface area contributed by atoms with Crippen LogP contribution >= 0.6 is 34.4 Å². The van der Waals surface area contributed by atoms with E-state index in [1.54, 1.807) is 18.3 Å². The molecule has 120 valence electrons. The maximum atomic E-state index is 12.8. The highest BCUT2D eigenvalue weighted by atomic mass is 127. The van der Waals surface area contributed by atoms with E-state index in [1.165, 1.54) is 15.7 Å². The minimum atomic E-state index is -3.60. The van der Waals surface area contributed by atoms with E-state index >= 15 is 0 Å². The standard InChI is InChI=1S/C14H13IN4O2S2/c1-22-13-11-10(15)7-19(12(11)17-14(16)18-13)23(20,21)8-9-5-3-2-4-6-9/h2-7H,8H2,1H3,(H2,16,17,18). The van der Waals surface area contributed by atoms with Gasteiger partial charge < -0.3 is 5.73 Å². The summed E-state index contributed by atoms with van der Waals surface area (Å²) in [5.74, 6) is -0.0424. The van der Waals surface area contributed by atoms with Crippen molar-refractivity contribution in [2.45, 2.75) is 10.8 Å². The predicted octanol–water partition coefficient (Wildman–Crippen LogP) is 2.72. The molecule has 1 aromatic carbocycles. The van der Waals surface area contributed by atoms with Crippen molar-refractivity contribution < 1.29 is 8.42 Å². The molecular weight excluding hydrogens is 447 g/mol. The van der Waals surface area contributed by atoms with E-state index in [2.05, 4.69) is 32.6 Å². The number of rotatable bonds is 4. The molecule has 0 aliphatic rings. The summed E-state index contributed by atoms with van der Waals surface area (Å²) >= 11 is 3.50. The van der Waals surface area contributed by atoms with Gasteiger partial charge in [-0.25, -0.2) is 17.4 Å². The molecule has 0 bridgehead atoms. The summed E-state index contributed by atoms with van der Waals surface area (Å²) in [6.45, 7) is 0. The maximum absolute atomic E-state index is 12.8. The number of anilines is 1. The Morgan fingerprint density at radius 3 is 2.61 bits per heavy atom. The molecule has 2 N–H and O–H groups in total. The van der Waals surface area contributed by atoms with Gasteiger partial charge in [0.05, 0.1) is 11.1 Å². The van der Waals surface area contributed by atoms with Gasteiger partial charge in [0.15, 0.2) is 5.65 Å². The summed E-state index contributed by atoms with van der Waals surface area (Å²) in [5, 5.41) is 1.38. The lowest BCUT2D eigenvalue weighted by Gasteiger charge is -2.08. The second kappa shape index (κ2) is 6.29. The van der Waals surface area contributed by atoms with E-state index in [4.69, 9.17) is 5.73 Å². The summed E-state index contributed by atoms with van der Waals surface area (Å²) in [6.07, 6.45) is 3.43. The van der Waals surface area contributed by atoms with Crippen LogP contribution in [-0.2, 0) is 15.8 Å². The average molecular weight is 460 g/mol. The predicted molar refractivity (Wildman–Crippen MR) is 101 cm³/mol. The number of hydrogen-bond acceptors (Lipinski definition) is 6. The highest BCUT2D eigenvalue weighted by Crippen LogP contribution is 2.31. The summed E-state index contributed by atoms with van der Waals surface area (Å²) in [7, 11) is -3.60. The molecule has 0 unspecified atom stereocenters. The summed E-state index contributed by atoms with van der Waals surface area (Å²) in [6, 6.07) is 9.04. The van der Waals surface area contributed by atoms with Crippen molar-refractivity contribution >= 4 is 61.4 Å². The fourth-order valence-corrected chi connectivity index (χ4v) is 5.41. The monoisotopic (exact) mass is 460 g/mol. The fraction of sp³-hybridized carbons (Fsp3) is 0.143. The van der Waals surface area contributed by atoms with Crippen molar-refractivity contribution in [3.05, 3.63) is 45.7 Å². The van der Waals surface area contributed by atoms with Gasteiger partial charge in [0.25, 0.3) is 0 Å². The third kappa shape index (κ3) is 3.17. The minimum absolute atomic E-state index is 0.0625. The number of halogens is 1. The molecule has 0 spiro atoms. The number of nitrogens with two attached hydrogens (primary N) is 1. The molecule has 3 rings (SSSR count). The van der Waals surface area contributed by atoms with Gasteiger partial charge in [-0.3, -0.25) is 0 Å². The smallest absolute Gasteiger partial charge is 0.244 e. The third-order valence-corrected chi connectivity index (χ3v) is 6.31. The quantitative estimate of drug-likeness (QED) is 0.366. The molecule has 23 heavy (non-hydrogen) atoms. The van der Waals surface area contributed by atoms with Crippen LogP contribution in [0.15, 0.2) is 41.6 Å². The number of aromatic nitrogens is 3. The van der Waals surface area contributed by atoms with Crippen LogP contribution in [0.5, 0.6) is 0 Å². The second-order valence-electron chi connectivity index (χ2n) is 4.80. The zero-order valence-electron chi connectivity index (χ0n) is 12.1. The molecule has 0 amide bonds. The lowest BCUT2D eigenvalue weighted by molar-refractivity contribution is 0.588. The fourth-order valence-electron chi connectivity index (χ4n) is 2.26. The van der Waals surface area contributed by atoms with Crippen molar-refractivity contribution in [1.82, 2.24) is 13.9 Å². The number of fused-ring (bicyclic) bond motifs is 1. The van der Waals surface area contributed by atoms with Crippen LogP contribution in [0.3, 0.4) is 0 Å². The molecule has 0 saturated heterocycles. The first kappa shape index (κ1) is 16.5. The average Bonchev–Trinajstić information content (AvgIpc) is 2.85. The van der Waals surface area contributed by atoms with Gasteiger partial charge in [-0.15, -0.1) is 11.8 Å². The van der Waals surface area contributed by atoms with Gasteiger partial charge in [-0.05, 0) is 34.4 Å². The lowest BCUT2D eigenvalue weighted by Crippen LogP contribution is -2.15. The minimum Gasteiger partial charge on any atom is -0.368 e. The van der Waals surface area contributed by atoms with E-state index in [0.717, 1.165) is 9.13 Å². The SMILES string of the molecule is CSc1nc(N)nc2c1c(I)cn2S(=O)(=O)Cc1ccccc1. The number of thioether (sulfide) groups is 1. The largest absolute Gasteiger partial charge is 0.368 e. The van der Waals surface area contributed by atoms with Crippen LogP contribution in [0.25, 0.3) is 11.0 Å². The summed E-state index contributed by atoms with van der Waals surface area (Å²) in [4.78, 5) is 8.32. The molecule has 6 nitrogen and oxygen atoms in total. The van der Waals surface area contributed by atoms with Gasteiger partial charge in [0.1, 0.15) is 5.03 Å². The van der Waals surface area contributed by atoms with Crippen LogP contribution < -0.4 is 5.73 Å². The Morgan fingerprint density at radius 1 is 1.26 bits per heavy atom. The molecule has 0 aliphatic carbocycles. The molecule has 0 saturated carbocycles. The van der Waals surface area contributed by atoms with Crippen molar-refractivity contribution in [2.75, 3.05) is 12.0 Å². The molecule has 0 aliphatic heterocycles. The van der Waals surface area contributed by atoms with Gasteiger partial charge in [0.2, 0.25) is 16.0 Å². The number of nitrogens with zero attached hydrogens (tertiary/aromatic N) is 3. The van der Waals surface area contributed by atoms with Gasteiger partial charge in [0, 0.05) is 9.77 Å². The van der Waals surface area contributed by atoms with E-state index in [-0.39, 0.29) is 11.7 Å². The van der Waals surface area contributed by atoms with Crippen molar-refractivity contribution in [3.8, 4) is 0 Å². The van der Waals surface area contributed by atoms with E-state index in [0.29, 0.717) is 16.1 Å². The van der Waals surface area contributed by atoms with Crippen LogP contribution in [0.2, 0.25) is 0 Å². The lowest BCUT2D eigenvalue weighted by atomic mass is 10.2. The van der Waals surface area contributed by atoms with Crippen LogP contribution in [-0.4, -0.2) is 28.6 Å². The topological polar surface area (TPSA) is 90.9 Å². The van der Waals surface area contributed by atoms with Crippen molar-refractivity contribution in [3.63, 3.8) is 0 Å². The molecular formula is C14H13IN4O2S2. The number of hydrogen-bond donors (Lipinski definition) is 1. The van der Waals surface area contributed by atoms with E-state index in [1.807, 2.05) is 24.5 Å². The molecule has 0 fully saturated rings. The Kier molecular flexibility index (Phi) is 4.52. The first-order chi connectivity index (χ1) is 10.9. The molecule has 3 aromatic rings. The molecule has 0 radical (unpaired) electrons. The highest BCUT2D eigenvalue weighted by molar-refractivity contribution is 14.1. The molecule has 9 heteroatoms. The molecule has 0 atom stereocenters. The van der Waals surface area contributed by atoms with Crippen LogP contribution in [0.4, 0.5) is 5.95 Å². The van der Waals surface area contributed by atoms with Crippen LogP contribution in [0, 0.1) is 3.57 Å². The summed E-state index contributed by atoms with van der Waals surface area (Å²) < 4.78 is 27.6. The number of benzene rings is 1. The van der Waals surface area contributed by atoms with Gasteiger partial charge >= 0.3 is 0 Å². The van der Waals surface area contributed by atoms with Crippen LogP contribution in [0.1, 0.15) is 5.56 Å². The number of nitrogen functional groups attached to an aromatic ring is 1. The Balaban J connectivity index is 2.18. The van der Waals surface area contributed by atoms with E-state index < -0.39 is 10.0 Å². The highest BCUT2D eigenvalue weighted by Gasteiger charge is 2.22. The zero-order chi connectivity index (χ0) is 16.6. The first-order valence-corrected chi connectivity index (χ1v) is 10.5. The van der Waals surface area contributed by atoms with Crippen molar-refractivity contribution in [1.29, 1.82) is 0 Å². The second-order valence-corrected chi connectivity index (χ2v) is 8.61.